The van der Waals surface area contributed by atoms with Crippen molar-refractivity contribution in [3.8, 4) is 0 Å². The maximum Gasteiger partial charge on any atom is -0.0443 e. The van der Waals surface area contributed by atoms with E-state index in [0.29, 0.717) is 0 Å². The van der Waals surface area contributed by atoms with Gasteiger partial charge in [-0.15, -0.1) is 0 Å². The zero-order valence-corrected chi connectivity index (χ0v) is 11.7. The molecule has 2 atom stereocenters. The molecule has 0 aliphatic heterocycles. The van der Waals surface area contributed by atoms with Crippen LogP contribution in [0.5, 0.6) is 0 Å². The fraction of sp³-hybridized carbons (Fsp3) is 1.00. The van der Waals surface area contributed by atoms with Gasteiger partial charge in [-0.05, 0) is 17.8 Å². The Hall–Kier alpha value is 0. The van der Waals surface area contributed by atoms with E-state index in [9.17, 15) is 0 Å². The molecular weight excluding hydrogens is 180 g/mol. The molecule has 0 aliphatic carbocycles. The van der Waals surface area contributed by atoms with Crippen LogP contribution >= 0.6 is 0 Å². The van der Waals surface area contributed by atoms with Gasteiger partial charge in [0.25, 0.3) is 0 Å². The third-order valence-corrected chi connectivity index (χ3v) is 3.41. The highest BCUT2D eigenvalue weighted by molar-refractivity contribution is 4.58. The Bertz CT molecular complexity index is 126. The van der Waals surface area contributed by atoms with Gasteiger partial charge in [0.15, 0.2) is 0 Å². The van der Waals surface area contributed by atoms with Crippen LogP contribution in [0.3, 0.4) is 0 Å². The molecule has 0 nitrogen and oxygen atoms in total. The van der Waals surface area contributed by atoms with E-state index in [4.69, 9.17) is 0 Å². The van der Waals surface area contributed by atoms with Crippen molar-refractivity contribution in [2.24, 2.45) is 17.8 Å². The Morgan fingerprint density at radius 2 is 1.20 bits per heavy atom. The molecule has 0 spiro atoms. The van der Waals surface area contributed by atoms with Crippen LogP contribution < -0.4 is 0 Å². The topological polar surface area (TPSA) is 0 Å². The molecule has 0 saturated carbocycles. The summed E-state index contributed by atoms with van der Waals surface area (Å²) in [6.07, 6.45) is 9.94. The molecule has 0 rings (SSSR count). The van der Waals surface area contributed by atoms with Gasteiger partial charge in [-0.3, -0.25) is 0 Å². The molecule has 0 aliphatic rings. The lowest BCUT2D eigenvalue weighted by Crippen LogP contribution is -2.00. The van der Waals surface area contributed by atoms with Gasteiger partial charge in [0.05, 0.1) is 0 Å². The predicted molar refractivity (Wildman–Crippen MR) is 71.2 cm³/mol. The highest BCUT2D eigenvalue weighted by Crippen LogP contribution is 2.20. The molecule has 0 N–H and O–H groups in total. The largest absolute Gasteiger partial charge is 0.0654 e. The Balaban J connectivity index is 3.34. The molecule has 92 valence electrons. The van der Waals surface area contributed by atoms with Gasteiger partial charge in [0.2, 0.25) is 0 Å². The molecule has 2 unspecified atom stereocenters. The standard InChI is InChI=1S/C15H32/c1-6-8-14(4)9-7-10-15(5)12-11-13(2)3/h13-15H,6-12H2,1-5H3. The molecule has 15 heavy (non-hydrogen) atoms. The van der Waals surface area contributed by atoms with E-state index in [-0.39, 0.29) is 0 Å². The molecule has 0 saturated heterocycles. The van der Waals surface area contributed by atoms with Crippen molar-refractivity contribution in [1.82, 2.24) is 0 Å². The van der Waals surface area contributed by atoms with Gasteiger partial charge >= 0.3 is 0 Å². The lowest BCUT2D eigenvalue weighted by molar-refractivity contribution is 0.386. The summed E-state index contributed by atoms with van der Waals surface area (Å²) in [5, 5.41) is 0. The number of hydrogen-bond acceptors (Lipinski definition) is 0. The Morgan fingerprint density at radius 1 is 0.667 bits per heavy atom. The van der Waals surface area contributed by atoms with Crippen LogP contribution in [0.1, 0.15) is 79.6 Å². The van der Waals surface area contributed by atoms with Crippen molar-refractivity contribution in [3.63, 3.8) is 0 Å². The Labute approximate surface area is 97.8 Å². The summed E-state index contributed by atoms with van der Waals surface area (Å²) >= 11 is 0. The second-order valence-corrected chi connectivity index (χ2v) is 5.90. The van der Waals surface area contributed by atoms with E-state index in [0.717, 1.165) is 17.8 Å². The lowest BCUT2D eigenvalue weighted by Gasteiger charge is -2.14. The van der Waals surface area contributed by atoms with E-state index < -0.39 is 0 Å². The molecule has 0 aromatic carbocycles. The van der Waals surface area contributed by atoms with Crippen LogP contribution in [0.2, 0.25) is 0 Å². The molecule has 0 heteroatoms. The lowest BCUT2D eigenvalue weighted by atomic mass is 9.92. The minimum Gasteiger partial charge on any atom is -0.0654 e. The van der Waals surface area contributed by atoms with Gasteiger partial charge in [0, 0.05) is 0 Å². The summed E-state index contributed by atoms with van der Waals surface area (Å²) in [6.45, 7) is 11.8. The van der Waals surface area contributed by atoms with Crippen LogP contribution in [0.4, 0.5) is 0 Å². The highest BCUT2D eigenvalue weighted by atomic mass is 14.1. The second-order valence-electron chi connectivity index (χ2n) is 5.90. The Kier molecular flexibility index (Phi) is 9.24. The second kappa shape index (κ2) is 9.24. The molecule has 0 amide bonds. The smallest absolute Gasteiger partial charge is 0.0443 e. The molecular formula is C15H32. The summed E-state index contributed by atoms with van der Waals surface area (Å²) in [4.78, 5) is 0. The molecule has 0 bridgehead atoms. The van der Waals surface area contributed by atoms with Crippen molar-refractivity contribution in [1.29, 1.82) is 0 Å². The summed E-state index contributed by atoms with van der Waals surface area (Å²) < 4.78 is 0. The summed E-state index contributed by atoms with van der Waals surface area (Å²) in [6, 6.07) is 0. The first-order chi connectivity index (χ1) is 7.06. The number of rotatable bonds is 9. The van der Waals surface area contributed by atoms with Gasteiger partial charge in [-0.25, -0.2) is 0 Å². The van der Waals surface area contributed by atoms with Crippen LogP contribution in [-0.2, 0) is 0 Å². The molecule has 0 aromatic heterocycles. The van der Waals surface area contributed by atoms with Crippen LogP contribution in [-0.4, -0.2) is 0 Å². The third-order valence-electron chi connectivity index (χ3n) is 3.41. The first-order valence-electron chi connectivity index (χ1n) is 7.06. The summed E-state index contributed by atoms with van der Waals surface area (Å²) in [7, 11) is 0. The fourth-order valence-electron chi connectivity index (χ4n) is 2.21. The molecule has 0 fully saturated rings. The van der Waals surface area contributed by atoms with E-state index in [1.165, 1.54) is 44.9 Å². The SMILES string of the molecule is CCCC(C)CCCC(C)CCC(C)C. The van der Waals surface area contributed by atoms with Crippen LogP contribution in [0.15, 0.2) is 0 Å². The average Bonchev–Trinajstić information content (AvgIpc) is 2.15. The zero-order chi connectivity index (χ0) is 11.7. The fourth-order valence-corrected chi connectivity index (χ4v) is 2.21. The van der Waals surface area contributed by atoms with E-state index in [1.807, 2.05) is 0 Å². The average molecular weight is 212 g/mol. The maximum atomic E-state index is 2.42. The van der Waals surface area contributed by atoms with Crippen molar-refractivity contribution < 1.29 is 0 Å². The van der Waals surface area contributed by atoms with Crippen molar-refractivity contribution in [2.45, 2.75) is 79.6 Å². The van der Waals surface area contributed by atoms with Gasteiger partial charge in [-0.1, -0.05) is 79.6 Å². The minimum atomic E-state index is 0.881. The first kappa shape index (κ1) is 15.0. The van der Waals surface area contributed by atoms with E-state index in [2.05, 4.69) is 34.6 Å². The zero-order valence-electron chi connectivity index (χ0n) is 11.7. The van der Waals surface area contributed by atoms with Crippen molar-refractivity contribution >= 4 is 0 Å². The minimum absolute atomic E-state index is 0.881. The normalized spacial score (nSPS) is 15.6. The molecule has 0 heterocycles. The monoisotopic (exact) mass is 212 g/mol. The highest BCUT2D eigenvalue weighted by Gasteiger charge is 2.05. The first-order valence-corrected chi connectivity index (χ1v) is 7.06. The van der Waals surface area contributed by atoms with Crippen LogP contribution in [0, 0.1) is 17.8 Å². The van der Waals surface area contributed by atoms with E-state index >= 15 is 0 Å². The maximum absolute atomic E-state index is 2.42. The van der Waals surface area contributed by atoms with Crippen molar-refractivity contribution in [3.05, 3.63) is 0 Å². The van der Waals surface area contributed by atoms with Gasteiger partial charge < -0.3 is 0 Å². The third kappa shape index (κ3) is 10.3. The predicted octanol–water partition coefficient (Wildman–Crippen LogP) is 5.67. The van der Waals surface area contributed by atoms with Gasteiger partial charge in [-0.2, -0.15) is 0 Å². The quantitative estimate of drug-likeness (QED) is 0.462. The molecule has 0 radical (unpaired) electrons. The van der Waals surface area contributed by atoms with Gasteiger partial charge in [0.1, 0.15) is 0 Å². The Morgan fingerprint density at radius 3 is 1.67 bits per heavy atom. The van der Waals surface area contributed by atoms with Crippen LogP contribution in [0.25, 0.3) is 0 Å². The van der Waals surface area contributed by atoms with Crippen molar-refractivity contribution in [2.75, 3.05) is 0 Å². The van der Waals surface area contributed by atoms with E-state index in [1.54, 1.807) is 0 Å². The summed E-state index contributed by atoms with van der Waals surface area (Å²) in [5.74, 6) is 2.78. The summed E-state index contributed by atoms with van der Waals surface area (Å²) in [5.41, 5.74) is 0. The number of hydrogen-bond donors (Lipinski definition) is 0. The molecule has 0 aromatic rings.